The van der Waals surface area contributed by atoms with E-state index in [1.807, 2.05) is 62.4 Å². The van der Waals surface area contributed by atoms with Gasteiger partial charge in [0.1, 0.15) is 17.5 Å². The van der Waals surface area contributed by atoms with Crippen LogP contribution in [0, 0.1) is 6.92 Å². The lowest BCUT2D eigenvalue weighted by Crippen LogP contribution is -2.49. The van der Waals surface area contributed by atoms with Crippen molar-refractivity contribution >= 4 is 11.8 Å². The largest absolute Gasteiger partial charge is 0.497 e. The summed E-state index contributed by atoms with van der Waals surface area (Å²) in [6.07, 6.45) is 5.24. The Labute approximate surface area is 197 Å². The maximum absolute atomic E-state index is 13.2. The third-order valence-corrected chi connectivity index (χ3v) is 6.33. The number of rotatable bonds is 11. The number of amides is 2. The van der Waals surface area contributed by atoms with Crippen molar-refractivity contribution in [1.82, 2.24) is 10.2 Å². The smallest absolute Gasteiger partial charge is 0.242 e. The first-order valence-electron chi connectivity index (χ1n) is 11.9. The molecule has 33 heavy (non-hydrogen) atoms. The third kappa shape index (κ3) is 7.24. The second kappa shape index (κ2) is 12.3. The number of benzene rings is 2. The molecule has 0 heterocycles. The first-order chi connectivity index (χ1) is 16.0. The maximum atomic E-state index is 13.2. The highest BCUT2D eigenvalue weighted by atomic mass is 16.5. The van der Waals surface area contributed by atoms with Crippen LogP contribution in [0.5, 0.6) is 11.5 Å². The first kappa shape index (κ1) is 24.6. The zero-order chi connectivity index (χ0) is 23.6. The molecule has 1 aliphatic rings. The molecule has 178 valence electrons. The van der Waals surface area contributed by atoms with Crippen molar-refractivity contribution in [3.63, 3.8) is 0 Å². The predicted octanol–water partition coefficient (Wildman–Crippen LogP) is 4.64. The van der Waals surface area contributed by atoms with Gasteiger partial charge in [-0.05, 0) is 68.5 Å². The van der Waals surface area contributed by atoms with E-state index in [1.54, 1.807) is 12.0 Å². The Balaban J connectivity index is 1.59. The van der Waals surface area contributed by atoms with E-state index in [2.05, 4.69) is 5.32 Å². The normalized spacial score (nSPS) is 14.5. The molecule has 1 N–H and O–H groups in total. The van der Waals surface area contributed by atoms with Gasteiger partial charge in [-0.15, -0.1) is 0 Å². The van der Waals surface area contributed by atoms with Gasteiger partial charge in [0.2, 0.25) is 11.8 Å². The number of methoxy groups -OCH3 is 1. The molecule has 0 saturated heterocycles. The van der Waals surface area contributed by atoms with Crippen LogP contribution in [-0.2, 0) is 16.1 Å². The number of ether oxygens (including phenoxy) is 2. The van der Waals surface area contributed by atoms with Gasteiger partial charge >= 0.3 is 0 Å². The Morgan fingerprint density at radius 2 is 1.73 bits per heavy atom. The Bertz CT molecular complexity index is 907. The van der Waals surface area contributed by atoms with Gasteiger partial charge in [-0.25, -0.2) is 0 Å². The minimum Gasteiger partial charge on any atom is -0.497 e. The quantitative estimate of drug-likeness (QED) is 0.505. The van der Waals surface area contributed by atoms with Crippen molar-refractivity contribution < 1.29 is 19.1 Å². The van der Waals surface area contributed by atoms with Crippen LogP contribution < -0.4 is 14.8 Å². The Morgan fingerprint density at radius 3 is 2.39 bits per heavy atom. The predicted molar refractivity (Wildman–Crippen MR) is 129 cm³/mol. The SMILES string of the molecule is COc1ccc(OCCCC(=O)N(Cc2ccccc2C)[C@H](C)C(=O)NC2CCCC2)cc1. The van der Waals surface area contributed by atoms with Crippen molar-refractivity contribution in [2.45, 2.75) is 71.0 Å². The number of aryl methyl sites for hydroxylation is 1. The molecule has 0 aliphatic heterocycles. The summed E-state index contributed by atoms with van der Waals surface area (Å²) in [5, 5.41) is 3.14. The molecule has 2 aromatic carbocycles. The van der Waals surface area contributed by atoms with Crippen LogP contribution in [0.3, 0.4) is 0 Å². The average Bonchev–Trinajstić information content (AvgIpc) is 3.34. The molecule has 0 unspecified atom stereocenters. The van der Waals surface area contributed by atoms with Crippen molar-refractivity contribution in [3.8, 4) is 11.5 Å². The average molecular weight is 453 g/mol. The van der Waals surface area contributed by atoms with Crippen LogP contribution in [0.2, 0.25) is 0 Å². The molecule has 0 aromatic heterocycles. The minimum absolute atomic E-state index is 0.0364. The summed E-state index contributed by atoms with van der Waals surface area (Å²) >= 11 is 0. The van der Waals surface area contributed by atoms with E-state index in [1.165, 1.54) is 0 Å². The molecule has 1 aliphatic carbocycles. The summed E-state index contributed by atoms with van der Waals surface area (Å²) < 4.78 is 10.9. The van der Waals surface area contributed by atoms with Crippen molar-refractivity contribution in [3.05, 3.63) is 59.7 Å². The lowest BCUT2D eigenvalue weighted by molar-refractivity contribution is -0.141. The van der Waals surface area contributed by atoms with E-state index in [4.69, 9.17) is 9.47 Å². The van der Waals surface area contributed by atoms with Gasteiger partial charge in [-0.2, -0.15) is 0 Å². The van der Waals surface area contributed by atoms with E-state index in [9.17, 15) is 9.59 Å². The molecule has 2 amide bonds. The van der Waals surface area contributed by atoms with Crippen LogP contribution in [0.1, 0.15) is 56.6 Å². The van der Waals surface area contributed by atoms with Crippen LogP contribution >= 0.6 is 0 Å². The molecule has 6 nitrogen and oxygen atoms in total. The van der Waals surface area contributed by atoms with Crippen LogP contribution in [0.15, 0.2) is 48.5 Å². The van der Waals surface area contributed by atoms with Crippen LogP contribution in [-0.4, -0.2) is 42.5 Å². The molecule has 1 fully saturated rings. The zero-order valence-electron chi connectivity index (χ0n) is 20.0. The van der Waals surface area contributed by atoms with Gasteiger partial charge < -0.3 is 19.7 Å². The molecule has 0 bridgehead atoms. The van der Waals surface area contributed by atoms with Crippen molar-refractivity contribution in [2.75, 3.05) is 13.7 Å². The number of hydrogen-bond acceptors (Lipinski definition) is 4. The Kier molecular flexibility index (Phi) is 9.16. The Hall–Kier alpha value is -3.02. The van der Waals surface area contributed by atoms with E-state index in [-0.39, 0.29) is 17.9 Å². The Morgan fingerprint density at radius 1 is 1.06 bits per heavy atom. The maximum Gasteiger partial charge on any atom is 0.242 e. The van der Waals surface area contributed by atoms with Crippen LogP contribution in [0.25, 0.3) is 0 Å². The fraction of sp³-hybridized carbons (Fsp3) is 0.481. The van der Waals surface area contributed by atoms with Gasteiger partial charge in [0.25, 0.3) is 0 Å². The van der Waals surface area contributed by atoms with E-state index in [0.717, 1.165) is 48.3 Å². The fourth-order valence-corrected chi connectivity index (χ4v) is 4.17. The van der Waals surface area contributed by atoms with Crippen LogP contribution in [0.4, 0.5) is 0 Å². The van der Waals surface area contributed by atoms with Gasteiger partial charge in [-0.3, -0.25) is 9.59 Å². The molecule has 6 heteroatoms. The van der Waals surface area contributed by atoms with Gasteiger partial charge in [0.05, 0.1) is 13.7 Å². The molecule has 0 spiro atoms. The van der Waals surface area contributed by atoms with Crippen molar-refractivity contribution in [2.24, 2.45) is 0 Å². The lowest BCUT2D eigenvalue weighted by atomic mass is 10.1. The molecule has 2 aromatic rings. The summed E-state index contributed by atoms with van der Waals surface area (Å²) in [5.74, 6) is 1.41. The van der Waals surface area contributed by atoms with Crippen molar-refractivity contribution in [1.29, 1.82) is 0 Å². The first-order valence-corrected chi connectivity index (χ1v) is 11.9. The summed E-state index contributed by atoms with van der Waals surface area (Å²) in [4.78, 5) is 27.9. The standard InChI is InChI=1S/C27H36N2O4/c1-20-9-4-5-10-22(20)19-29(21(2)27(31)28-23-11-6-7-12-23)26(30)13-8-18-33-25-16-14-24(32-3)15-17-25/h4-5,9-10,14-17,21,23H,6-8,11-13,18-19H2,1-3H3,(H,28,31)/t21-/m1/s1. The summed E-state index contributed by atoms with van der Waals surface area (Å²) in [6.45, 7) is 4.71. The lowest BCUT2D eigenvalue weighted by Gasteiger charge is -2.30. The highest BCUT2D eigenvalue weighted by Gasteiger charge is 2.28. The van der Waals surface area contributed by atoms with E-state index >= 15 is 0 Å². The summed E-state index contributed by atoms with van der Waals surface area (Å²) in [5.41, 5.74) is 2.17. The second-order valence-corrected chi connectivity index (χ2v) is 8.74. The number of hydrogen-bond donors (Lipinski definition) is 1. The molecule has 1 atom stereocenters. The molecule has 1 saturated carbocycles. The monoisotopic (exact) mass is 452 g/mol. The van der Waals surface area contributed by atoms with Gasteiger partial charge in [0, 0.05) is 19.0 Å². The summed E-state index contributed by atoms with van der Waals surface area (Å²) in [6, 6.07) is 15.1. The third-order valence-electron chi connectivity index (χ3n) is 6.33. The number of carbonyl (C=O) groups excluding carboxylic acids is 2. The van der Waals surface area contributed by atoms with Gasteiger partial charge in [0.15, 0.2) is 0 Å². The zero-order valence-corrected chi connectivity index (χ0v) is 20.0. The molecular formula is C27H36N2O4. The second-order valence-electron chi connectivity index (χ2n) is 8.74. The highest BCUT2D eigenvalue weighted by molar-refractivity contribution is 5.87. The topological polar surface area (TPSA) is 67.9 Å². The van der Waals surface area contributed by atoms with E-state index in [0.29, 0.717) is 26.0 Å². The molecular weight excluding hydrogens is 416 g/mol. The minimum atomic E-state index is -0.528. The molecule has 0 radical (unpaired) electrons. The highest BCUT2D eigenvalue weighted by Crippen LogP contribution is 2.20. The number of nitrogens with one attached hydrogen (secondary N) is 1. The molecule has 3 rings (SSSR count). The van der Waals surface area contributed by atoms with E-state index < -0.39 is 6.04 Å². The number of nitrogens with zero attached hydrogens (tertiary/aromatic N) is 1. The summed E-state index contributed by atoms with van der Waals surface area (Å²) in [7, 11) is 1.62. The fourth-order valence-electron chi connectivity index (χ4n) is 4.17. The van der Waals surface area contributed by atoms with Gasteiger partial charge in [-0.1, -0.05) is 37.1 Å². The number of carbonyl (C=O) groups is 2.